The first kappa shape index (κ1) is 15.4. The summed E-state index contributed by atoms with van der Waals surface area (Å²) < 4.78 is 28.9. The molecule has 1 heterocycles. The molecular formula is C14H18FN3O3. The van der Waals surface area contributed by atoms with Crippen molar-refractivity contribution in [1.82, 2.24) is 15.5 Å². The molecule has 0 saturated heterocycles. The van der Waals surface area contributed by atoms with Crippen LogP contribution in [-0.2, 0) is 17.9 Å². The predicted octanol–water partition coefficient (Wildman–Crippen LogP) is 1.83. The Labute approximate surface area is 122 Å². The summed E-state index contributed by atoms with van der Waals surface area (Å²) in [7, 11) is 1.63. The van der Waals surface area contributed by atoms with Crippen LogP contribution in [0.2, 0.25) is 0 Å². The van der Waals surface area contributed by atoms with E-state index >= 15 is 0 Å². The highest BCUT2D eigenvalue weighted by atomic mass is 19.1. The first-order valence-corrected chi connectivity index (χ1v) is 6.59. The second-order valence-corrected chi connectivity index (χ2v) is 4.45. The Bertz CT molecular complexity index is 574. The van der Waals surface area contributed by atoms with Crippen molar-refractivity contribution in [2.24, 2.45) is 0 Å². The smallest absolute Gasteiger partial charge is 0.264 e. The van der Waals surface area contributed by atoms with E-state index in [2.05, 4.69) is 15.5 Å². The molecule has 0 aliphatic heterocycles. The molecule has 2 rings (SSSR count). The van der Waals surface area contributed by atoms with Crippen LogP contribution in [0.25, 0.3) is 0 Å². The predicted molar refractivity (Wildman–Crippen MR) is 73.3 cm³/mol. The quantitative estimate of drug-likeness (QED) is 0.749. The van der Waals surface area contributed by atoms with Crippen molar-refractivity contribution in [3.63, 3.8) is 0 Å². The van der Waals surface area contributed by atoms with Crippen molar-refractivity contribution in [1.29, 1.82) is 0 Å². The van der Waals surface area contributed by atoms with Crippen LogP contribution in [0.4, 0.5) is 4.39 Å². The number of hydrogen-bond acceptors (Lipinski definition) is 6. The van der Waals surface area contributed by atoms with Gasteiger partial charge in [-0.15, -0.1) is 0 Å². The average molecular weight is 295 g/mol. The van der Waals surface area contributed by atoms with Crippen molar-refractivity contribution in [3.05, 3.63) is 41.3 Å². The van der Waals surface area contributed by atoms with Crippen LogP contribution in [0.1, 0.15) is 17.3 Å². The lowest BCUT2D eigenvalue weighted by molar-refractivity contribution is 0.198. The van der Waals surface area contributed by atoms with Crippen molar-refractivity contribution >= 4 is 0 Å². The molecule has 2 aromatic rings. The van der Waals surface area contributed by atoms with E-state index in [1.807, 2.05) is 0 Å². The van der Waals surface area contributed by atoms with Crippen molar-refractivity contribution < 1.29 is 18.4 Å². The van der Waals surface area contributed by atoms with Crippen molar-refractivity contribution in [2.75, 3.05) is 20.3 Å². The minimum atomic E-state index is -0.306. The zero-order valence-electron chi connectivity index (χ0n) is 12.1. The first-order chi connectivity index (χ1) is 10.2. The van der Waals surface area contributed by atoms with Crippen LogP contribution in [-0.4, -0.2) is 30.4 Å². The largest absolute Gasteiger partial charge is 0.483 e. The Hall–Kier alpha value is -1.99. The summed E-state index contributed by atoms with van der Waals surface area (Å²) in [5.74, 6) is 1.21. The number of aryl methyl sites for hydroxylation is 1. The van der Waals surface area contributed by atoms with Gasteiger partial charge in [0.2, 0.25) is 0 Å². The fraction of sp³-hybridized carbons (Fsp3) is 0.429. The molecule has 0 bridgehead atoms. The number of ether oxygens (including phenoxy) is 2. The van der Waals surface area contributed by atoms with Gasteiger partial charge in [0.05, 0.1) is 6.61 Å². The Morgan fingerprint density at radius 3 is 2.95 bits per heavy atom. The molecule has 7 heteroatoms. The summed E-state index contributed by atoms with van der Waals surface area (Å²) in [6.07, 6.45) is 0. The van der Waals surface area contributed by atoms with E-state index in [0.29, 0.717) is 37.2 Å². The molecule has 0 atom stereocenters. The number of methoxy groups -OCH3 is 1. The fourth-order valence-electron chi connectivity index (χ4n) is 1.76. The molecule has 0 fully saturated rings. The van der Waals surface area contributed by atoms with Gasteiger partial charge >= 0.3 is 0 Å². The Balaban J connectivity index is 1.97. The Morgan fingerprint density at radius 2 is 2.24 bits per heavy atom. The van der Waals surface area contributed by atoms with E-state index < -0.39 is 0 Å². The number of rotatable bonds is 8. The lowest BCUT2D eigenvalue weighted by Crippen LogP contribution is -2.19. The highest BCUT2D eigenvalue weighted by Gasteiger charge is 2.08. The van der Waals surface area contributed by atoms with Gasteiger partial charge in [0.1, 0.15) is 11.6 Å². The maximum atomic E-state index is 13.3. The van der Waals surface area contributed by atoms with Gasteiger partial charge in [-0.1, -0.05) is 5.16 Å². The molecule has 0 spiro atoms. The van der Waals surface area contributed by atoms with Gasteiger partial charge < -0.3 is 19.3 Å². The van der Waals surface area contributed by atoms with Crippen molar-refractivity contribution in [2.45, 2.75) is 20.1 Å². The van der Waals surface area contributed by atoms with Crippen LogP contribution < -0.4 is 10.1 Å². The molecule has 0 radical (unpaired) electrons. The molecule has 0 amide bonds. The third-order valence-corrected chi connectivity index (χ3v) is 2.74. The zero-order valence-corrected chi connectivity index (χ0v) is 12.1. The Morgan fingerprint density at radius 1 is 1.38 bits per heavy atom. The summed E-state index contributed by atoms with van der Waals surface area (Å²) in [5, 5.41) is 6.83. The topological polar surface area (TPSA) is 69.4 Å². The van der Waals surface area contributed by atoms with Crippen molar-refractivity contribution in [3.8, 4) is 5.75 Å². The Kier molecular flexibility index (Phi) is 5.65. The van der Waals surface area contributed by atoms with Crippen LogP contribution in [0, 0.1) is 12.7 Å². The van der Waals surface area contributed by atoms with E-state index in [1.165, 1.54) is 12.1 Å². The lowest BCUT2D eigenvalue weighted by atomic mass is 10.2. The van der Waals surface area contributed by atoms with Gasteiger partial charge in [-0.25, -0.2) is 4.39 Å². The van der Waals surface area contributed by atoms with Crippen LogP contribution in [0.15, 0.2) is 22.7 Å². The normalized spacial score (nSPS) is 10.8. The standard InChI is InChI=1S/C14H18FN3O3/c1-10-17-14(21-18-10)9-20-13-4-3-12(15)7-11(13)8-16-5-6-19-2/h3-4,7,16H,5-6,8-9H2,1-2H3. The van der Waals surface area contributed by atoms with E-state index in [-0.39, 0.29) is 12.4 Å². The number of nitrogens with one attached hydrogen (secondary N) is 1. The molecular weight excluding hydrogens is 277 g/mol. The second-order valence-electron chi connectivity index (χ2n) is 4.45. The first-order valence-electron chi connectivity index (χ1n) is 6.59. The molecule has 1 N–H and O–H groups in total. The van der Waals surface area contributed by atoms with E-state index in [4.69, 9.17) is 14.0 Å². The summed E-state index contributed by atoms with van der Waals surface area (Å²) >= 11 is 0. The van der Waals surface area contributed by atoms with Gasteiger partial charge in [-0.3, -0.25) is 0 Å². The van der Waals surface area contributed by atoms with Gasteiger partial charge in [0.15, 0.2) is 12.4 Å². The molecule has 0 aliphatic rings. The molecule has 1 aromatic carbocycles. The van der Waals surface area contributed by atoms with Gasteiger partial charge in [0, 0.05) is 25.8 Å². The second kappa shape index (κ2) is 7.70. The van der Waals surface area contributed by atoms with Gasteiger partial charge in [-0.05, 0) is 25.1 Å². The third kappa shape index (κ3) is 4.80. The summed E-state index contributed by atoms with van der Waals surface area (Å²) in [4.78, 5) is 4.05. The summed E-state index contributed by atoms with van der Waals surface area (Å²) in [6.45, 7) is 3.63. The highest BCUT2D eigenvalue weighted by Crippen LogP contribution is 2.20. The van der Waals surface area contributed by atoms with Gasteiger partial charge in [-0.2, -0.15) is 4.98 Å². The molecule has 6 nitrogen and oxygen atoms in total. The number of halogens is 1. The number of nitrogens with zero attached hydrogens (tertiary/aromatic N) is 2. The minimum Gasteiger partial charge on any atom is -0.483 e. The molecule has 0 aliphatic carbocycles. The molecule has 0 unspecified atom stereocenters. The maximum absolute atomic E-state index is 13.3. The highest BCUT2D eigenvalue weighted by molar-refractivity contribution is 5.34. The lowest BCUT2D eigenvalue weighted by Gasteiger charge is -2.11. The summed E-state index contributed by atoms with van der Waals surface area (Å²) in [5.41, 5.74) is 0.724. The van der Waals surface area contributed by atoms with Crippen LogP contribution >= 0.6 is 0 Å². The average Bonchev–Trinajstić information content (AvgIpc) is 2.88. The molecule has 0 saturated carbocycles. The molecule has 1 aromatic heterocycles. The molecule has 114 valence electrons. The number of aromatic nitrogens is 2. The monoisotopic (exact) mass is 295 g/mol. The van der Waals surface area contributed by atoms with Crippen LogP contribution in [0.3, 0.4) is 0 Å². The molecule has 21 heavy (non-hydrogen) atoms. The van der Waals surface area contributed by atoms with E-state index in [9.17, 15) is 4.39 Å². The van der Waals surface area contributed by atoms with E-state index in [0.717, 1.165) is 5.56 Å². The third-order valence-electron chi connectivity index (χ3n) is 2.74. The van der Waals surface area contributed by atoms with E-state index in [1.54, 1.807) is 20.1 Å². The number of benzene rings is 1. The van der Waals surface area contributed by atoms with Gasteiger partial charge in [0.25, 0.3) is 5.89 Å². The summed E-state index contributed by atoms with van der Waals surface area (Å²) in [6, 6.07) is 4.38. The SMILES string of the molecule is COCCNCc1cc(F)ccc1OCc1nc(C)no1. The fourth-order valence-corrected chi connectivity index (χ4v) is 1.76. The number of hydrogen-bond donors (Lipinski definition) is 1. The van der Waals surface area contributed by atoms with Crippen LogP contribution in [0.5, 0.6) is 5.75 Å². The maximum Gasteiger partial charge on any atom is 0.264 e. The zero-order chi connectivity index (χ0) is 15.1. The minimum absolute atomic E-state index is 0.150.